The Kier molecular flexibility index (Phi) is 6.85. The van der Waals surface area contributed by atoms with E-state index in [4.69, 9.17) is 4.74 Å². The topological polar surface area (TPSA) is 59.4 Å². The normalized spacial score (nSPS) is 16.0. The van der Waals surface area contributed by atoms with E-state index in [2.05, 4.69) is 22.2 Å². The van der Waals surface area contributed by atoms with E-state index in [1.54, 1.807) is 31.5 Å². The van der Waals surface area contributed by atoms with Gasteiger partial charge in [-0.2, -0.15) is 5.10 Å². The van der Waals surface area contributed by atoms with Gasteiger partial charge >= 0.3 is 0 Å². The van der Waals surface area contributed by atoms with Crippen LogP contribution in [0.25, 0.3) is 0 Å². The predicted octanol–water partition coefficient (Wildman–Crippen LogP) is 4.55. The lowest BCUT2D eigenvalue weighted by Crippen LogP contribution is -2.41. The number of aromatic nitrogens is 2. The van der Waals surface area contributed by atoms with Crippen LogP contribution in [0, 0.1) is 5.82 Å². The maximum absolute atomic E-state index is 14.0. The zero-order valence-electron chi connectivity index (χ0n) is 18.5. The number of nitrogens with zero attached hydrogens (tertiary/aromatic N) is 3. The summed E-state index contributed by atoms with van der Waals surface area (Å²) in [7, 11) is 1.55. The standard InChI is InChI=1S/C25H29FN4O2/c1-18(17-19-7-3-5-9-22(19)26)29-15-12-20(13-16-29)30-24(11-14-27-30)28-25(31)21-8-4-6-10-23(21)32-2/h3-11,14,18,20H,12-13,15-17H2,1-2H3,(H,28,31)/t18-/m1/s1. The average Bonchev–Trinajstić information content (AvgIpc) is 3.28. The van der Waals surface area contributed by atoms with Gasteiger partial charge in [0.1, 0.15) is 17.4 Å². The van der Waals surface area contributed by atoms with Gasteiger partial charge in [-0.15, -0.1) is 0 Å². The highest BCUT2D eigenvalue weighted by Gasteiger charge is 2.26. The maximum atomic E-state index is 14.0. The van der Waals surface area contributed by atoms with E-state index in [1.165, 1.54) is 6.07 Å². The Bertz CT molecular complexity index is 1060. The number of carbonyl (C=O) groups excluding carboxylic acids is 1. The van der Waals surface area contributed by atoms with Crippen LogP contribution in [0.4, 0.5) is 10.2 Å². The van der Waals surface area contributed by atoms with E-state index >= 15 is 0 Å². The fourth-order valence-corrected chi connectivity index (χ4v) is 4.40. The third kappa shape index (κ3) is 4.83. The highest BCUT2D eigenvalue weighted by molar-refractivity contribution is 6.05. The zero-order chi connectivity index (χ0) is 22.5. The first kappa shape index (κ1) is 22.0. The van der Waals surface area contributed by atoms with Crippen molar-refractivity contribution in [3.05, 3.63) is 77.7 Å². The third-order valence-corrected chi connectivity index (χ3v) is 6.20. The highest BCUT2D eigenvalue weighted by Crippen LogP contribution is 2.28. The molecule has 0 unspecified atom stereocenters. The van der Waals surface area contributed by atoms with Gasteiger partial charge in [0.25, 0.3) is 5.91 Å². The number of likely N-dealkylation sites (tertiary alicyclic amines) is 1. The molecule has 1 fully saturated rings. The summed E-state index contributed by atoms with van der Waals surface area (Å²) in [5.41, 5.74) is 1.25. The number of halogens is 1. The molecule has 6 nitrogen and oxygen atoms in total. The molecule has 0 aliphatic carbocycles. The van der Waals surface area contributed by atoms with Crippen molar-refractivity contribution in [1.29, 1.82) is 0 Å². The minimum Gasteiger partial charge on any atom is -0.496 e. The van der Waals surface area contributed by atoms with Crippen molar-refractivity contribution in [2.75, 3.05) is 25.5 Å². The number of carbonyl (C=O) groups is 1. The number of nitrogens with one attached hydrogen (secondary N) is 1. The molecular weight excluding hydrogens is 407 g/mol. The smallest absolute Gasteiger partial charge is 0.260 e. The van der Waals surface area contributed by atoms with Crippen molar-refractivity contribution < 1.29 is 13.9 Å². The second kappa shape index (κ2) is 9.96. The minimum atomic E-state index is -0.222. The van der Waals surface area contributed by atoms with Crippen LogP contribution in [0.3, 0.4) is 0 Å². The molecule has 1 aliphatic rings. The Morgan fingerprint density at radius 2 is 1.88 bits per heavy atom. The number of piperidine rings is 1. The Balaban J connectivity index is 1.37. The van der Waals surface area contributed by atoms with Crippen LogP contribution in [-0.4, -0.2) is 46.8 Å². The van der Waals surface area contributed by atoms with Gasteiger partial charge in [-0.3, -0.25) is 4.79 Å². The van der Waals surface area contributed by atoms with E-state index in [0.29, 0.717) is 23.6 Å². The van der Waals surface area contributed by atoms with Crippen LogP contribution < -0.4 is 10.1 Å². The summed E-state index contributed by atoms with van der Waals surface area (Å²) < 4.78 is 21.2. The summed E-state index contributed by atoms with van der Waals surface area (Å²) in [6.07, 6.45) is 4.24. The Labute approximate surface area is 188 Å². The van der Waals surface area contributed by atoms with E-state index in [-0.39, 0.29) is 23.8 Å². The summed E-state index contributed by atoms with van der Waals surface area (Å²) in [4.78, 5) is 15.2. The minimum absolute atomic E-state index is 0.138. The van der Waals surface area contributed by atoms with Gasteiger partial charge in [0, 0.05) is 25.2 Å². The number of anilines is 1. The molecule has 1 amide bonds. The summed E-state index contributed by atoms with van der Waals surface area (Å²) in [6, 6.07) is 16.4. The van der Waals surface area contributed by atoms with Gasteiger partial charge in [-0.1, -0.05) is 30.3 Å². The number of para-hydroxylation sites is 1. The first-order valence-corrected chi connectivity index (χ1v) is 11.0. The molecule has 1 saturated heterocycles. The number of hydrogen-bond donors (Lipinski definition) is 1. The Morgan fingerprint density at radius 3 is 2.62 bits per heavy atom. The lowest BCUT2D eigenvalue weighted by atomic mass is 10.00. The van der Waals surface area contributed by atoms with Gasteiger partial charge in [0.05, 0.1) is 24.9 Å². The molecule has 4 rings (SSSR count). The van der Waals surface area contributed by atoms with E-state index in [9.17, 15) is 9.18 Å². The number of rotatable bonds is 7. The zero-order valence-corrected chi connectivity index (χ0v) is 18.5. The molecule has 1 N–H and O–H groups in total. The van der Waals surface area contributed by atoms with Crippen molar-refractivity contribution in [3.8, 4) is 5.75 Å². The predicted molar refractivity (Wildman–Crippen MR) is 123 cm³/mol. The van der Waals surface area contributed by atoms with Crippen LogP contribution >= 0.6 is 0 Å². The van der Waals surface area contributed by atoms with E-state index < -0.39 is 0 Å². The van der Waals surface area contributed by atoms with Crippen LogP contribution in [0.2, 0.25) is 0 Å². The fourth-order valence-electron chi connectivity index (χ4n) is 4.40. The number of amides is 1. The summed E-state index contributed by atoms with van der Waals surface area (Å²) in [6.45, 7) is 3.96. The Morgan fingerprint density at radius 1 is 1.16 bits per heavy atom. The molecule has 2 aromatic carbocycles. The van der Waals surface area contributed by atoms with Gasteiger partial charge < -0.3 is 15.0 Å². The molecule has 1 aliphatic heterocycles. The van der Waals surface area contributed by atoms with E-state index in [1.807, 2.05) is 35.0 Å². The van der Waals surface area contributed by atoms with Crippen molar-refractivity contribution in [1.82, 2.24) is 14.7 Å². The number of benzene rings is 2. The quantitative estimate of drug-likeness (QED) is 0.590. The molecule has 7 heteroatoms. The van der Waals surface area contributed by atoms with Gasteiger partial charge in [0.15, 0.2) is 0 Å². The highest BCUT2D eigenvalue weighted by atomic mass is 19.1. The second-order valence-corrected chi connectivity index (χ2v) is 8.23. The first-order chi connectivity index (χ1) is 15.6. The summed E-state index contributed by atoms with van der Waals surface area (Å²) in [5, 5.41) is 7.46. The van der Waals surface area contributed by atoms with Crippen LogP contribution in [-0.2, 0) is 6.42 Å². The molecule has 0 saturated carbocycles. The molecule has 0 radical (unpaired) electrons. The van der Waals surface area contributed by atoms with Crippen molar-refractivity contribution in [2.45, 2.75) is 38.3 Å². The lowest BCUT2D eigenvalue weighted by molar-refractivity contribution is 0.102. The molecule has 32 heavy (non-hydrogen) atoms. The number of methoxy groups -OCH3 is 1. The fraction of sp³-hybridized carbons (Fsp3) is 0.360. The molecule has 1 atom stereocenters. The second-order valence-electron chi connectivity index (χ2n) is 8.23. The molecular formula is C25H29FN4O2. The SMILES string of the molecule is COc1ccccc1C(=O)Nc1ccnn1C1CCN([C@H](C)Cc2ccccc2F)CC1. The van der Waals surface area contributed by atoms with Gasteiger partial charge in [-0.05, 0) is 49.9 Å². The average molecular weight is 437 g/mol. The summed E-state index contributed by atoms with van der Waals surface area (Å²) in [5.74, 6) is 0.855. The van der Waals surface area contributed by atoms with Crippen molar-refractivity contribution in [3.63, 3.8) is 0 Å². The molecule has 168 valence electrons. The molecule has 0 spiro atoms. The van der Waals surface area contributed by atoms with E-state index in [0.717, 1.165) is 31.5 Å². The van der Waals surface area contributed by atoms with Crippen LogP contribution in [0.5, 0.6) is 5.75 Å². The number of hydrogen-bond acceptors (Lipinski definition) is 4. The first-order valence-electron chi connectivity index (χ1n) is 11.0. The molecule has 2 heterocycles. The largest absolute Gasteiger partial charge is 0.496 e. The number of ether oxygens (including phenoxy) is 1. The van der Waals surface area contributed by atoms with Gasteiger partial charge in [0.2, 0.25) is 0 Å². The molecule has 3 aromatic rings. The summed E-state index contributed by atoms with van der Waals surface area (Å²) >= 11 is 0. The lowest BCUT2D eigenvalue weighted by Gasteiger charge is -2.36. The Hall–Kier alpha value is -3.19. The van der Waals surface area contributed by atoms with Crippen molar-refractivity contribution in [2.24, 2.45) is 0 Å². The monoisotopic (exact) mass is 436 g/mol. The van der Waals surface area contributed by atoms with Crippen molar-refractivity contribution >= 4 is 11.7 Å². The molecule has 1 aromatic heterocycles. The third-order valence-electron chi connectivity index (χ3n) is 6.20. The van der Waals surface area contributed by atoms with Gasteiger partial charge in [-0.25, -0.2) is 9.07 Å². The maximum Gasteiger partial charge on any atom is 0.260 e. The van der Waals surface area contributed by atoms with Crippen LogP contribution in [0.15, 0.2) is 60.8 Å². The van der Waals surface area contributed by atoms with Crippen LogP contribution in [0.1, 0.15) is 41.7 Å². The molecule has 0 bridgehead atoms.